The van der Waals surface area contributed by atoms with Crippen LogP contribution < -0.4 is 0 Å². The molecule has 0 aliphatic heterocycles. The summed E-state index contributed by atoms with van der Waals surface area (Å²) in [6, 6.07) is 5.88. The Bertz CT molecular complexity index is 742. The minimum atomic E-state index is -0.668. The fraction of sp³-hybridized carbons (Fsp3) is 0.677. The predicted molar refractivity (Wildman–Crippen MR) is 151 cm³/mol. The van der Waals surface area contributed by atoms with Gasteiger partial charge in [0, 0.05) is 24.7 Å². The van der Waals surface area contributed by atoms with E-state index in [-0.39, 0.29) is 18.3 Å². The lowest BCUT2D eigenvalue weighted by Crippen LogP contribution is -2.14. The Morgan fingerprint density at radius 1 is 0.800 bits per heavy atom. The molecule has 0 aliphatic carbocycles. The molecule has 35 heavy (non-hydrogen) atoms. The molecule has 1 heterocycles. The Balaban J connectivity index is 0.0000116. The molecule has 1 unspecified atom stereocenters. The number of aromatic nitrogens is 1. The van der Waals surface area contributed by atoms with Crippen LogP contribution in [-0.2, 0) is 11.2 Å². The SMILES string of the molecule is CCCCCCCCCCCCC#CC#CCCCCCC(CCCc1ccccn1)C(=O)O.Cl. The van der Waals surface area contributed by atoms with Crippen LogP contribution in [0.15, 0.2) is 24.4 Å². The minimum absolute atomic E-state index is 0. The molecular weight excluding hydrogens is 454 g/mol. The van der Waals surface area contributed by atoms with Crippen molar-refractivity contribution in [3.8, 4) is 23.7 Å². The van der Waals surface area contributed by atoms with Crippen molar-refractivity contribution in [2.45, 2.75) is 129 Å². The molecule has 196 valence electrons. The third-order valence-electron chi connectivity index (χ3n) is 6.31. The van der Waals surface area contributed by atoms with Gasteiger partial charge >= 0.3 is 5.97 Å². The molecule has 0 amide bonds. The molecule has 0 fully saturated rings. The zero-order chi connectivity index (χ0) is 24.5. The van der Waals surface area contributed by atoms with E-state index in [1.54, 1.807) is 6.20 Å². The molecule has 1 aromatic rings. The summed E-state index contributed by atoms with van der Waals surface area (Å²) in [4.78, 5) is 15.8. The topological polar surface area (TPSA) is 50.2 Å². The van der Waals surface area contributed by atoms with E-state index in [0.29, 0.717) is 0 Å². The molecular formula is C31H48ClNO2. The van der Waals surface area contributed by atoms with Crippen LogP contribution in [-0.4, -0.2) is 16.1 Å². The number of carbonyl (C=O) groups is 1. The second-order valence-electron chi connectivity index (χ2n) is 9.38. The number of halogens is 1. The fourth-order valence-corrected chi connectivity index (χ4v) is 4.16. The van der Waals surface area contributed by atoms with Crippen LogP contribution in [0.5, 0.6) is 0 Å². The first-order valence-corrected chi connectivity index (χ1v) is 13.8. The molecule has 1 atom stereocenters. The van der Waals surface area contributed by atoms with Crippen LogP contribution in [0.25, 0.3) is 0 Å². The van der Waals surface area contributed by atoms with E-state index in [1.165, 1.54) is 64.2 Å². The van der Waals surface area contributed by atoms with E-state index >= 15 is 0 Å². The Kier molecular flexibility index (Phi) is 23.7. The summed E-state index contributed by atoms with van der Waals surface area (Å²) in [5.74, 6) is 11.4. The van der Waals surface area contributed by atoms with Gasteiger partial charge in [-0.1, -0.05) is 95.5 Å². The maximum atomic E-state index is 11.5. The van der Waals surface area contributed by atoms with E-state index in [9.17, 15) is 9.90 Å². The number of pyridine rings is 1. The van der Waals surface area contributed by atoms with Gasteiger partial charge in [-0.3, -0.25) is 9.78 Å². The summed E-state index contributed by atoms with van der Waals surface area (Å²) in [5.41, 5.74) is 1.04. The van der Waals surface area contributed by atoms with Crippen LogP contribution in [0.2, 0.25) is 0 Å². The van der Waals surface area contributed by atoms with Gasteiger partial charge in [-0.25, -0.2) is 0 Å². The van der Waals surface area contributed by atoms with Crippen molar-refractivity contribution in [1.82, 2.24) is 4.98 Å². The summed E-state index contributed by atoms with van der Waals surface area (Å²) >= 11 is 0. The molecule has 4 heteroatoms. The molecule has 0 spiro atoms. The maximum Gasteiger partial charge on any atom is 0.306 e. The van der Waals surface area contributed by atoms with Crippen molar-refractivity contribution < 1.29 is 9.90 Å². The maximum absolute atomic E-state index is 11.5. The summed E-state index contributed by atoms with van der Waals surface area (Å²) in [7, 11) is 0. The predicted octanol–water partition coefficient (Wildman–Crippen LogP) is 8.80. The molecule has 0 saturated heterocycles. The number of aliphatic carboxylic acids is 1. The van der Waals surface area contributed by atoms with E-state index in [0.717, 1.165) is 63.5 Å². The van der Waals surface area contributed by atoms with Gasteiger partial charge in [0.2, 0.25) is 0 Å². The van der Waals surface area contributed by atoms with Crippen molar-refractivity contribution in [3.63, 3.8) is 0 Å². The van der Waals surface area contributed by atoms with Gasteiger partial charge in [0.1, 0.15) is 0 Å². The number of rotatable bonds is 20. The van der Waals surface area contributed by atoms with Crippen LogP contribution in [0.4, 0.5) is 0 Å². The number of nitrogens with zero attached hydrogens (tertiary/aromatic N) is 1. The zero-order valence-corrected chi connectivity index (χ0v) is 22.8. The third kappa shape index (κ3) is 21.1. The Hall–Kier alpha value is -1.97. The highest BCUT2D eigenvalue weighted by Crippen LogP contribution is 2.18. The van der Waals surface area contributed by atoms with Gasteiger partial charge in [0.25, 0.3) is 0 Å². The quantitative estimate of drug-likeness (QED) is 0.143. The molecule has 0 aliphatic rings. The number of hydrogen-bond donors (Lipinski definition) is 1. The lowest BCUT2D eigenvalue weighted by molar-refractivity contribution is -0.142. The average Bonchev–Trinajstić information content (AvgIpc) is 2.84. The van der Waals surface area contributed by atoms with Gasteiger partial charge in [0.15, 0.2) is 0 Å². The van der Waals surface area contributed by atoms with Crippen LogP contribution in [0.3, 0.4) is 0 Å². The van der Waals surface area contributed by atoms with Crippen molar-refractivity contribution in [1.29, 1.82) is 0 Å². The Morgan fingerprint density at radius 3 is 1.89 bits per heavy atom. The summed E-state index contributed by atoms with van der Waals surface area (Å²) in [6.07, 6.45) is 23.3. The summed E-state index contributed by atoms with van der Waals surface area (Å²) in [6.45, 7) is 2.27. The van der Waals surface area contributed by atoms with E-state index in [1.807, 2.05) is 18.2 Å². The van der Waals surface area contributed by atoms with Gasteiger partial charge in [-0.15, -0.1) is 12.4 Å². The number of carboxylic acids is 1. The largest absolute Gasteiger partial charge is 0.481 e. The number of hydrogen-bond acceptors (Lipinski definition) is 2. The smallest absolute Gasteiger partial charge is 0.306 e. The molecule has 1 rings (SSSR count). The Morgan fingerprint density at radius 2 is 1.34 bits per heavy atom. The van der Waals surface area contributed by atoms with E-state index in [4.69, 9.17) is 0 Å². The lowest BCUT2D eigenvalue weighted by atomic mass is 9.95. The molecule has 0 radical (unpaired) electrons. The Labute approximate surface area is 221 Å². The van der Waals surface area contributed by atoms with E-state index < -0.39 is 5.97 Å². The number of unbranched alkanes of at least 4 members (excludes halogenated alkanes) is 13. The molecule has 0 bridgehead atoms. The van der Waals surface area contributed by atoms with Crippen molar-refractivity contribution in [2.75, 3.05) is 0 Å². The zero-order valence-electron chi connectivity index (χ0n) is 22.0. The van der Waals surface area contributed by atoms with Gasteiger partial charge in [-0.2, -0.15) is 0 Å². The van der Waals surface area contributed by atoms with Gasteiger partial charge < -0.3 is 5.11 Å². The second kappa shape index (κ2) is 25.1. The molecule has 0 saturated carbocycles. The molecule has 0 aromatic carbocycles. The highest BCUT2D eigenvalue weighted by Gasteiger charge is 2.16. The first-order valence-electron chi connectivity index (χ1n) is 13.8. The highest BCUT2D eigenvalue weighted by atomic mass is 35.5. The number of carboxylic acid groups (broad SMARTS) is 1. The van der Waals surface area contributed by atoms with Crippen LogP contribution in [0, 0.1) is 29.6 Å². The monoisotopic (exact) mass is 501 g/mol. The van der Waals surface area contributed by atoms with Gasteiger partial charge in [0.05, 0.1) is 5.92 Å². The number of aryl methyl sites for hydroxylation is 1. The van der Waals surface area contributed by atoms with Gasteiger partial charge in [-0.05, 0) is 62.5 Å². The highest BCUT2D eigenvalue weighted by molar-refractivity contribution is 5.85. The normalized spacial score (nSPS) is 10.9. The van der Waals surface area contributed by atoms with E-state index in [2.05, 4.69) is 35.6 Å². The fourth-order valence-electron chi connectivity index (χ4n) is 4.16. The summed E-state index contributed by atoms with van der Waals surface area (Å²) in [5, 5.41) is 9.47. The molecule has 1 N–H and O–H groups in total. The average molecular weight is 502 g/mol. The van der Waals surface area contributed by atoms with Crippen molar-refractivity contribution >= 4 is 18.4 Å². The minimum Gasteiger partial charge on any atom is -0.481 e. The van der Waals surface area contributed by atoms with Crippen molar-refractivity contribution in [2.24, 2.45) is 5.92 Å². The lowest BCUT2D eigenvalue weighted by Gasteiger charge is -2.11. The van der Waals surface area contributed by atoms with Crippen LogP contribution >= 0.6 is 12.4 Å². The van der Waals surface area contributed by atoms with Crippen LogP contribution in [0.1, 0.15) is 128 Å². The third-order valence-corrected chi connectivity index (χ3v) is 6.31. The standard InChI is InChI=1S/C31H47NO2.ClH/c1-2-3-4-5-6-7-8-9-10-11-12-13-14-15-16-17-18-19-20-24-29(31(33)34)25-23-27-30-26-21-22-28-32-30;/h21-22,26,28-29H,2-12,17-20,23-25,27H2,1H3,(H,33,34);1H. The summed E-state index contributed by atoms with van der Waals surface area (Å²) < 4.78 is 0. The first kappa shape index (κ1) is 33.0. The molecule has 1 aromatic heterocycles. The molecule has 3 nitrogen and oxygen atoms in total. The first-order chi connectivity index (χ1) is 16.7. The second-order valence-corrected chi connectivity index (χ2v) is 9.38. The van der Waals surface area contributed by atoms with Crippen molar-refractivity contribution in [3.05, 3.63) is 30.1 Å².